The van der Waals surface area contributed by atoms with Crippen molar-refractivity contribution < 1.29 is 14.3 Å². The number of nitrogens with zero attached hydrogens (tertiary/aromatic N) is 2. The van der Waals surface area contributed by atoms with Crippen molar-refractivity contribution in [2.24, 2.45) is 13.0 Å². The van der Waals surface area contributed by atoms with Gasteiger partial charge in [0.25, 0.3) is 5.91 Å². The summed E-state index contributed by atoms with van der Waals surface area (Å²) in [6.07, 6.45) is 1.78. The molecule has 0 spiro atoms. The summed E-state index contributed by atoms with van der Waals surface area (Å²) < 4.78 is 13.0. The molecule has 1 aromatic carbocycles. The number of aromatic nitrogens is 2. The number of hydrogen-bond donors (Lipinski definition) is 1. The van der Waals surface area contributed by atoms with Gasteiger partial charge in [-0.3, -0.25) is 9.48 Å². The predicted molar refractivity (Wildman–Crippen MR) is 90.6 cm³/mol. The van der Waals surface area contributed by atoms with Crippen LogP contribution >= 0.6 is 0 Å². The van der Waals surface area contributed by atoms with Crippen molar-refractivity contribution in [3.05, 3.63) is 41.7 Å². The molecule has 6 heteroatoms. The van der Waals surface area contributed by atoms with Gasteiger partial charge < -0.3 is 14.8 Å². The maximum atomic E-state index is 12.6. The highest BCUT2D eigenvalue weighted by Crippen LogP contribution is 2.33. The molecule has 0 bridgehead atoms. The zero-order valence-electron chi connectivity index (χ0n) is 14.3. The van der Waals surface area contributed by atoms with Crippen molar-refractivity contribution in [3.8, 4) is 11.5 Å². The first-order chi connectivity index (χ1) is 11.6. The first kappa shape index (κ1) is 16.4. The highest BCUT2D eigenvalue weighted by molar-refractivity contribution is 5.97. The molecule has 1 atom stereocenters. The largest absolute Gasteiger partial charge is 0.486 e. The van der Waals surface area contributed by atoms with Crippen LogP contribution in [0.15, 0.2) is 30.5 Å². The maximum absolute atomic E-state index is 12.6. The van der Waals surface area contributed by atoms with Gasteiger partial charge in [-0.1, -0.05) is 19.9 Å². The van der Waals surface area contributed by atoms with Gasteiger partial charge in [-0.25, -0.2) is 0 Å². The van der Waals surface area contributed by atoms with Gasteiger partial charge in [0.1, 0.15) is 13.2 Å². The number of carbonyl (C=O) groups excluding carboxylic acids is 1. The Morgan fingerprint density at radius 1 is 1.29 bits per heavy atom. The third-order valence-corrected chi connectivity index (χ3v) is 4.34. The first-order valence-electron chi connectivity index (χ1n) is 8.22. The van der Waals surface area contributed by atoms with E-state index >= 15 is 0 Å². The number of benzene rings is 1. The molecule has 1 aromatic heterocycles. The van der Waals surface area contributed by atoms with Crippen LogP contribution in [0.2, 0.25) is 0 Å². The highest BCUT2D eigenvalue weighted by Gasteiger charge is 2.23. The van der Waals surface area contributed by atoms with Gasteiger partial charge in [-0.2, -0.15) is 5.10 Å². The summed E-state index contributed by atoms with van der Waals surface area (Å²) in [7, 11) is 1.92. The molecule has 0 saturated heterocycles. The van der Waals surface area contributed by atoms with Crippen molar-refractivity contribution in [2.45, 2.75) is 19.8 Å². The molecule has 2 heterocycles. The van der Waals surface area contributed by atoms with Gasteiger partial charge in [-0.05, 0) is 24.1 Å². The molecule has 0 saturated carbocycles. The molecule has 1 amide bonds. The monoisotopic (exact) mass is 329 g/mol. The smallest absolute Gasteiger partial charge is 0.255 e. The topological polar surface area (TPSA) is 65.4 Å². The van der Waals surface area contributed by atoms with Crippen molar-refractivity contribution >= 4 is 5.91 Å². The minimum atomic E-state index is -0.148. The van der Waals surface area contributed by atoms with Crippen LogP contribution < -0.4 is 14.8 Å². The minimum Gasteiger partial charge on any atom is -0.486 e. The average molecular weight is 329 g/mol. The molecule has 3 rings (SSSR count). The Bertz CT molecular complexity index is 724. The second-order valence-corrected chi connectivity index (χ2v) is 6.27. The van der Waals surface area contributed by atoms with E-state index in [-0.39, 0.29) is 11.8 Å². The van der Waals surface area contributed by atoms with Gasteiger partial charge in [0.15, 0.2) is 11.5 Å². The van der Waals surface area contributed by atoms with Gasteiger partial charge in [0.2, 0.25) is 0 Å². The molecule has 1 aliphatic rings. The molecule has 0 aliphatic carbocycles. The lowest BCUT2D eigenvalue weighted by molar-refractivity contribution is 0.0937. The normalized spacial score (nSPS) is 14.5. The molecular weight excluding hydrogens is 306 g/mol. The molecule has 1 N–H and O–H groups in total. The molecule has 0 radical (unpaired) electrons. The Hall–Kier alpha value is -2.50. The van der Waals surface area contributed by atoms with Gasteiger partial charge in [0.05, 0.1) is 5.56 Å². The van der Waals surface area contributed by atoms with Crippen molar-refractivity contribution in [1.82, 2.24) is 15.1 Å². The summed E-state index contributed by atoms with van der Waals surface area (Å²) in [5.41, 5.74) is 1.62. The number of hydrogen-bond acceptors (Lipinski definition) is 4. The van der Waals surface area contributed by atoms with E-state index in [1.54, 1.807) is 12.3 Å². The molecule has 0 unspecified atom stereocenters. The summed E-state index contributed by atoms with van der Waals surface area (Å²) in [6.45, 7) is 5.80. The number of aryl methyl sites for hydroxylation is 1. The number of fused-ring (bicyclic) bond motifs is 1. The number of nitrogens with one attached hydrogen (secondary N) is 1. The fourth-order valence-electron chi connectivity index (χ4n) is 2.98. The van der Waals surface area contributed by atoms with E-state index < -0.39 is 0 Å². The van der Waals surface area contributed by atoms with E-state index in [0.717, 1.165) is 5.69 Å². The van der Waals surface area contributed by atoms with Crippen molar-refractivity contribution in [1.29, 1.82) is 0 Å². The summed E-state index contributed by atoms with van der Waals surface area (Å²) in [5.74, 6) is 1.58. The van der Waals surface area contributed by atoms with Crippen LogP contribution in [0.1, 0.15) is 35.8 Å². The average Bonchev–Trinajstić information content (AvgIpc) is 3.00. The molecule has 0 fully saturated rings. The Balaban J connectivity index is 1.74. The van der Waals surface area contributed by atoms with Crippen LogP contribution in [0.25, 0.3) is 0 Å². The highest BCUT2D eigenvalue weighted by atomic mass is 16.6. The Morgan fingerprint density at radius 2 is 2.08 bits per heavy atom. The summed E-state index contributed by atoms with van der Waals surface area (Å²) >= 11 is 0. The van der Waals surface area contributed by atoms with Crippen LogP contribution in [0.5, 0.6) is 11.5 Å². The standard InChI is InChI=1S/C18H23N3O3/c1-12(2)14(15-7-8-20-21(15)3)11-19-18(22)13-5-4-6-16-17(13)24-10-9-23-16/h4-8,12,14H,9-11H2,1-3H3,(H,19,22)/t14-/m0/s1. The van der Waals surface area contributed by atoms with E-state index in [4.69, 9.17) is 9.47 Å². The second-order valence-electron chi connectivity index (χ2n) is 6.27. The Morgan fingerprint density at radius 3 is 2.79 bits per heavy atom. The maximum Gasteiger partial charge on any atom is 0.255 e. The lowest BCUT2D eigenvalue weighted by Crippen LogP contribution is -2.32. The van der Waals surface area contributed by atoms with Crippen LogP contribution in [0.4, 0.5) is 0 Å². The quantitative estimate of drug-likeness (QED) is 0.914. The zero-order chi connectivity index (χ0) is 17.1. The number of carbonyl (C=O) groups is 1. The predicted octanol–water partition coefficient (Wildman–Crippen LogP) is 2.36. The lowest BCUT2D eigenvalue weighted by atomic mass is 9.92. The number of ether oxygens (including phenoxy) is 2. The summed E-state index contributed by atoms with van der Waals surface area (Å²) in [6, 6.07) is 7.39. The lowest BCUT2D eigenvalue weighted by Gasteiger charge is -2.23. The minimum absolute atomic E-state index is 0.148. The molecule has 1 aliphatic heterocycles. The molecule has 2 aromatic rings. The third kappa shape index (κ3) is 3.22. The van der Waals surface area contributed by atoms with E-state index in [0.29, 0.717) is 42.7 Å². The van der Waals surface area contributed by atoms with E-state index in [9.17, 15) is 4.79 Å². The fraction of sp³-hybridized carbons (Fsp3) is 0.444. The molecular formula is C18H23N3O3. The van der Waals surface area contributed by atoms with Crippen LogP contribution in [0, 0.1) is 5.92 Å². The van der Waals surface area contributed by atoms with E-state index in [2.05, 4.69) is 24.3 Å². The molecule has 24 heavy (non-hydrogen) atoms. The van der Waals surface area contributed by atoms with Crippen LogP contribution in [-0.2, 0) is 7.05 Å². The van der Waals surface area contributed by atoms with Gasteiger partial charge >= 0.3 is 0 Å². The van der Waals surface area contributed by atoms with Crippen LogP contribution in [-0.4, -0.2) is 35.4 Å². The van der Waals surface area contributed by atoms with Crippen LogP contribution in [0.3, 0.4) is 0 Å². The van der Waals surface area contributed by atoms with Gasteiger partial charge in [-0.15, -0.1) is 0 Å². The molecule has 128 valence electrons. The van der Waals surface area contributed by atoms with Crippen molar-refractivity contribution in [3.63, 3.8) is 0 Å². The first-order valence-corrected chi connectivity index (χ1v) is 8.22. The SMILES string of the molecule is CC(C)[C@H](CNC(=O)c1cccc2c1OCCO2)c1ccnn1C. The van der Waals surface area contributed by atoms with Gasteiger partial charge in [0, 0.05) is 31.4 Å². The van der Waals surface area contributed by atoms with Crippen molar-refractivity contribution in [2.75, 3.05) is 19.8 Å². The van der Waals surface area contributed by atoms with E-state index in [1.807, 2.05) is 29.9 Å². The zero-order valence-corrected chi connectivity index (χ0v) is 14.3. The molecule has 6 nitrogen and oxygen atoms in total. The number of para-hydroxylation sites is 1. The summed E-state index contributed by atoms with van der Waals surface area (Å²) in [4.78, 5) is 12.6. The second kappa shape index (κ2) is 6.95. The number of amides is 1. The number of rotatable bonds is 5. The Labute approximate surface area is 141 Å². The third-order valence-electron chi connectivity index (χ3n) is 4.34. The Kier molecular flexibility index (Phi) is 4.74. The fourth-order valence-corrected chi connectivity index (χ4v) is 2.98. The summed E-state index contributed by atoms with van der Waals surface area (Å²) in [5, 5.41) is 7.26. The van der Waals surface area contributed by atoms with E-state index in [1.165, 1.54) is 0 Å².